The molecule has 0 aliphatic carbocycles. The minimum absolute atomic E-state index is 0.0828. The van der Waals surface area contributed by atoms with Gasteiger partial charge < -0.3 is 20.3 Å². The Labute approximate surface area is 218 Å². The highest BCUT2D eigenvalue weighted by Gasteiger charge is 2.48. The molecular formula is C29H26FN5O3. The number of anilines is 1. The van der Waals surface area contributed by atoms with Gasteiger partial charge in [0.1, 0.15) is 29.7 Å². The van der Waals surface area contributed by atoms with Gasteiger partial charge in [-0.05, 0) is 16.7 Å². The normalized spacial score (nSPS) is 21.6. The SMILES string of the molecule is Nc1ncnc2c1ncn2[C@@H]1O[C@H](COC(c2ccccc2)(c2ccccc2)c2ccccc2)[C@@H](O)[C@@H]1F. The molecule has 3 heterocycles. The monoisotopic (exact) mass is 511 g/mol. The van der Waals surface area contributed by atoms with E-state index >= 15 is 4.39 Å². The number of halogens is 1. The summed E-state index contributed by atoms with van der Waals surface area (Å²) in [6.07, 6.45) is -2.61. The number of ether oxygens (including phenoxy) is 2. The smallest absolute Gasteiger partial charge is 0.173 e. The highest BCUT2D eigenvalue weighted by Crippen LogP contribution is 2.42. The minimum Gasteiger partial charge on any atom is -0.387 e. The second-order valence-corrected chi connectivity index (χ2v) is 9.17. The summed E-state index contributed by atoms with van der Waals surface area (Å²) in [5.41, 5.74) is 8.21. The number of alkyl halides is 1. The third kappa shape index (κ3) is 4.01. The molecule has 9 heteroatoms. The number of hydrogen-bond acceptors (Lipinski definition) is 7. The van der Waals surface area contributed by atoms with Crippen molar-refractivity contribution in [2.45, 2.75) is 30.2 Å². The fourth-order valence-corrected chi connectivity index (χ4v) is 5.10. The number of benzene rings is 3. The highest BCUT2D eigenvalue weighted by molar-refractivity contribution is 5.81. The van der Waals surface area contributed by atoms with Crippen LogP contribution in [-0.2, 0) is 15.1 Å². The molecule has 192 valence electrons. The molecule has 38 heavy (non-hydrogen) atoms. The second kappa shape index (κ2) is 9.94. The van der Waals surface area contributed by atoms with Gasteiger partial charge in [0, 0.05) is 0 Å². The standard InChI is InChI=1S/C29H26FN5O3/c30-23-25(36)22(38-28(23)35-18-34-24-26(31)32-17-33-27(24)35)16-37-29(19-10-4-1-5-11-19,20-12-6-2-7-13-20)21-14-8-3-9-15-21/h1-15,17-18,22-23,25,28,36H,16H2,(H2,31,32,33)/t22-,23+,25-,28-/m1/s1. The molecule has 1 fully saturated rings. The summed E-state index contributed by atoms with van der Waals surface area (Å²) in [5.74, 6) is 0.181. The van der Waals surface area contributed by atoms with Gasteiger partial charge in [0.05, 0.1) is 12.9 Å². The molecule has 1 aliphatic rings. The molecule has 4 atom stereocenters. The summed E-state index contributed by atoms with van der Waals surface area (Å²) >= 11 is 0. The van der Waals surface area contributed by atoms with Gasteiger partial charge in [-0.25, -0.2) is 19.3 Å². The third-order valence-electron chi connectivity index (χ3n) is 6.96. The Morgan fingerprint density at radius 1 is 0.868 bits per heavy atom. The number of nitrogens with zero attached hydrogens (tertiary/aromatic N) is 4. The lowest BCUT2D eigenvalue weighted by molar-refractivity contribution is -0.0935. The lowest BCUT2D eigenvalue weighted by Crippen LogP contribution is -2.39. The van der Waals surface area contributed by atoms with Gasteiger partial charge in [-0.3, -0.25) is 4.57 Å². The first kappa shape index (κ1) is 24.2. The van der Waals surface area contributed by atoms with Crippen molar-refractivity contribution in [3.05, 3.63) is 120 Å². The number of aliphatic hydroxyl groups is 1. The number of nitrogen functional groups attached to an aromatic ring is 1. The van der Waals surface area contributed by atoms with E-state index in [1.165, 1.54) is 17.2 Å². The molecule has 8 nitrogen and oxygen atoms in total. The van der Waals surface area contributed by atoms with E-state index in [0.29, 0.717) is 11.2 Å². The molecule has 3 N–H and O–H groups in total. The van der Waals surface area contributed by atoms with E-state index in [9.17, 15) is 5.11 Å². The van der Waals surface area contributed by atoms with Crippen LogP contribution in [0.3, 0.4) is 0 Å². The van der Waals surface area contributed by atoms with E-state index in [2.05, 4.69) is 15.0 Å². The molecule has 0 saturated carbocycles. The average molecular weight is 512 g/mol. The Kier molecular flexibility index (Phi) is 6.32. The zero-order chi connectivity index (χ0) is 26.1. The third-order valence-corrected chi connectivity index (χ3v) is 6.96. The van der Waals surface area contributed by atoms with Crippen molar-refractivity contribution < 1.29 is 19.0 Å². The van der Waals surface area contributed by atoms with Crippen LogP contribution in [0.15, 0.2) is 104 Å². The molecular weight excluding hydrogens is 485 g/mol. The maximum absolute atomic E-state index is 15.5. The van der Waals surface area contributed by atoms with E-state index in [0.717, 1.165) is 16.7 Å². The predicted octanol–water partition coefficient (Wildman–Crippen LogP) is 4.01. The Morgan fingerprint density at radius 3 is 1.97 bits per heavy atom. The lowest BCUT2D eigenvalue weighted by Gasteiger charge is -2.37. The van der Waals surface area contributed by atoms with E-state index < -0.39 is 30.2 Å². The Bertz CT molecular complexity index is 1420. The van der Waals surface area contributed by atoms with Gasteiger partial charge in [-0.2, -0.15) is 0 Å². The summed E-state index contributed by atoms with van der Waals surface area (Å²) in [6.45, 7) is -0.0828. The van der Waals surface area contributed by atoms with Crippen molar-refractivity contribution in [3.63, 3.8) is 0 Å². The molecule has 0 spiro atoms. The summed E-state index contributed by atoms with van der Waals surface area (Å²) in [5, 5.41) is 10.9. The van der Waals surface area contributed by atoms with E-state index in [1.54, 1.807) is 0 Å². The number of hydrogen-bond donors (Lipinski definition) is 2. The van der Waals surface area contributed by atoms with Gasteiger partial charge in [-0.15, -0.1) is 0 Å². The lowest BCUT2D eigenvalue weighted by atomic mass is 9.80. The van der Waals surface area contributed by atoms with Crippen LogP contribution in [0.4, 0.5) is 10.2 Å². The van der Waals surface area contributed by atoms with Crippen LogP contribution in [0.1, 0.15) is 22.9 Å². The fourth-order valence-electron chi connectivity index (χ4n) is 5.10. The Hall–Kier alpha value is -4.18. The molecule has 1 aliphatic heterocycles. The molecule has 0 bridgehead atoms. The molecule has 1 saturated heterocycles. The maximum atomic E-state index is 15.5. The zero-order valence-electron chi connectivity index (χ0n) is 20.3. The molecule has 3 aromatic carbocycles. The largest absolute Gasteiger partial charge is 0.387 e. The van der Waals surface area contributed by atoms with E-state index in [-0.39, 0.29) is 12.4 Å². The molecule has 0 amide bonds. The van der Waals surface area contributed by atoms with E-state index in [4.69, 9.17) is 15.2 Å². The Balaban J connectivity index is 1.36. The van der Waals surface area contributed by atoms with Crippen LogP contribution >= 0.6 is 0 Å². The quantitative estimate of drug-likeness (QED) is 0.318. The average Bonchev–Trinajstić information content (AvgIpc) is 3.52. The van der Waals surface area contributed by atoms with Gasteiger partial charge >= 0.3 is 0 Å². The number of aliphatic hydroxyl groups excluding tert-OH is 1. The van der Waals surface area contributed by atoms with Crippen LogP contribution in [-0.4, -0.2) is 49.6 Å². The van der Waals surface area contributed by atoms with Crippen LogP contribution in [0.25, 0.3) is 11.2 Å². The summed E-state index contributed by atoms with van der Waals surface area (Å²) < 4.78 is 29.7. The van der Waals surface area contributed by atoms with Crippen LogP contribution in [0, 0.1) is 0 Å². The van der Waals surface area contributed by atoms with Gasteiger partial charge in [0.2, 0.25) is 0 Å². The minimum atomic E-state index is -1.74. The first-order valence-electron chi connectivity index (χ1n) is 12.3. The van der Waals surface area contributed by atoms with Gasteiger partial charge in [0.15, 0.2) is 23.9 Å². The molecule has 2 aromatic heterocycles. The number of nitrogens with two attached hydrogens (primary N) is 1. The number of aromatic nitrogens is 4. The second-order valence-electron chi connectivity index (χ2n) is 9.17. The Morgan fingerprint density at radius 2 is 1.42 bits per heavy atom. The number of rotatable bonds is 7. The van der Waals surface area contributed by atoms with Crippen molar-refractivity contribution in [3.8, 4) is 0 Å². The molecule has 6 rings (SSSR count). The van der Waals surface area contributed by atoms with Gasteiger partial charge in [0.25, 0.3) is 0 Å². The molecule has 0 unspecified atom stereocenters. The fraction of sp³-hybridized carbons (Fsp3) is 0.207. The maximum Gasteiger partial charge on any atom is 0.173 e. The highest BCUT2D eigenvalue weighted by atomic mass is 19.1. The van der Waals surface area contributed by atoms with Gasteiger partial charge in [-0.1, -0.05) is 91.0 Å². The summed E-state index contributed by atoms with van der Waals surface area (Å²) in [6, 6.07) is 29.5. The van der Waals surface area contributed by atoms with E-state index in [1.807, 2.05) is 91.0 Å². The van der Waals surface area contributed by atoms with Crippen LogP contribution in [0.5, 0.6) is 0 Å². The summed E-state index contributed by atoms with van der Waals surface area (Å²) in [4.78, 5) is 12.3. The van der Waals surface area contributed by atoms with Crippen molar-refractivity contribution in [2.75, 3.05) is 12.3 Å². The first-order valence-corrected chi connectivity index (χ1v) is 12.3. The number of fused-ring (bicyclic) bond motifs is 1. The van der Waals surface area contributed by atoms with Crippen molar-refractivity contribution in [1.29, 1.82) is 0 Å². The first-order chi connectivity index (χ1) is 18.6. The zero-order valence-corrected chi connectivity index (χ0v) is 20.3. The van der Waals surface area contributed by atoms with Crippen molar-refractivity contribution in [2.24, 2.45) is 0 Å². The molecule has 5 aromatic rings. The number of imidazole rings is 1. The van der Waals surface area contributed by atoms with Crippen LogP contribution < -0.4 is 5.73 Å². The topological polar surface area (TPSA) is 108 Å². The summed E-state index contributed by atoms with van der Waals surface area (Å²) in [7, 11) is 0. The van der Waals surface area contributed by atoms with Crippen molar-refractivity contribution >= 4 is 17.0 Å². The molecule has 0 radical (unpaired) electrons. The van der Waals surface area contributed by atoms with Crippen molar-refractivity contribution in [1.82, 2.24) is 19.5 Å². The van der Waals surface area contributed by atoms with Crippen LogP contribution in [0.2, 0.25) is 0 Å². The predicted molar refractivity (Wildman–Crippen MR) is 140 cm³/mol.